The molecule has 7 rings (SSSR count). The van der Waals surface area contributed by atoms with Crippen molar-refractivity contribution < 1.29 is 32.3 Å². The Morgan fingerprint density at radius 2 is 1.94 bits per heavy atom. The van der Waals surface area contributed by atoms with Gasteiger partial charge in [-0.15, -0.1) is 11.3 Å². The number of aromatic nitrogens is 2. The van der Waals surface area contributed by atoms with Crippen molar-refractivity contribution in [3.05, 3.63) is 47.5 Å². The fraction of sp³-hybridized carbons (Fsp3) is 0.514. The quantitative estimate of drug-likeness (QED) is 0.345. The summed E-state index contributed by atoms with van der Waals surface area (Å²) in [6, 6.07) is 5.60. The first kappa shape index (κ1) is 33.5. The summed E-state index contributed by atoms with van der Waals surface area (Å²) in [6.45, 7) is 2.49. The first-order valence-electron chi connectivity index (χ1n) is 16.9. The Labute approximate surface area is 289 Å². The summed E-state index contributed by atoms with van der Waals surface area (Å²) in [7, 11) is -0.452. The molecule has 0 saturated heterocycles. The van der Waals surface area contributed by atoms with Gasteiger partial charge in [0.1, 0.15) is 33.8 Å². The number of hydrogen-bond acceptors (Lipinski definition) is 10. The predicted octanol–water partition coefficient (Wildman–Crippen LogP) is 4.13. The van der Waals surface area contributed by atoms with Crippen LogP contribution in [0.4, 0.5) is 0 Å². The molecule has 2 N–H and O–H groups in total. The average Bonchev–Trinajstić information content (AvgIpc) is 3.94. The van der Waals surface area contributed by atoms with Crippen LogP contribution < -0.4 is 19.5 Å². The fourth-order valence-electron chi connectivity index (χ4n) is 7.23. The van der Waals surface area contributed by atoms with Crippen LogP contribution in [0.5, 0.6) is 11.5 Å². The molecular formula is C35H41N5O7S2. The zero-order valence-corrected chi connectivity index (χ0v) is 29.4. The van der Waals surface area contributed by atoms with Crippen LogP contribution in [-0.4, -0.2) is 78.6 Å². The lowest BCUT2D eigenvalue weighted by atomic mass is 9.93. The van der Waals surface area contributed by atoms with Gasteiger partial charge in [0.2, 0.25) is 21.8 Å². The highest BCUT2D eigenvalue weighted by Gasteiger charge is 2.62. The minimum Gasteiger partial charge on any atom is -0.496 e. The van der Waals surface area contributed by atoms with E-state index in [1.165, 1.54) is 11.3 Å². The number of hydrogen-bond donors (Lipinski definition) is 2. The topological polar surface area (TPSA) is 157 Å². The van der Waals surface area contributed by atoms with Gasteiger partial charge >= 0.3 is 0 Å². The third kappa shape index (κ3) is 6.52. The maximum Gasteiger partial charge on any atom is 0.259 e. The largest absolute Gasteiger partial charge is 0.496 e. The monoisotopic (exact) mass is 707 g/mol. The van der Waals surface area contributed by atoms with Gasteiger partial charge in [0.05, 0.1) is 29.7 Å². The molecule has 12 nitrogen and oxygen atoms in total. The molecule has 5 unspecified atom stereocenters. The second-order valence-electron chi connectivity index (χ2n) is 13.7. The number of amides is 3. The second-order valence-corrected chi connectivity index (χ2v) is 16.5. The van der Waals surface area contributed by atoms with Gasteiger partial charge in [-0.05, 0) is 70.4 Å². The number of fused-ring (bicyclic) bond motifs is 3. The molecule has 260 valence electrons. The standard InChI is InChI=1S/C35H41N5O7S2/c1-20-28(46-3)12-11-24-29(18-27(37-30(20)24)32-36-13-15-48-32)47-22-16-25-26(17-22)33(42)40(2)14-7-5-4-6-8-21-19-35(21,38-31(25)41)34(43)39-49(44,45)23-9-10-23/h6,8,11-13,15,18,21-23,25-26H,4-5,7,9-10,14,16-17,19H2,1-3H3,(H,38,41)(H,39,43)/b8-6+. The van der Waals surface area contributed by atoms with Crippen molar-refractivity contribution in [3.63, 3.8) is 0 Å². The zero-order chi connectivity index (χ0) is 34.5. The molecular weight excluding hydrogens is 667 g/mol. The van der Waals surface area contributed by atoms with E-state index in [2.05, 4.69) is 15.0 Å². The molecule has 3 aliphatic carbocycles. The number of carbonyl (C=O) groups is 3. The molecule has 3 fully saturated rings. The van der Waals surface area contributed by atoms with Gasteiger partial charge in [-0.25, -0.2) is 18.4 Å². The molecule has 2 aromatic heterocycles. The van der Waals surface area contributed by atoms with E-state index in [4.69, 9.17) is 14.5 Å². The van der Waals surface area contributed by atoms with Gasteiger partial charge in [0, 0.05) is 48.1 Å². The average molecular weight is 708 g/mol. The molecule has 1 aliphatic heterocycles. The lowest BCUT2D eigenvalue weighted by Gasteiger charge is -2.26. The van der Waals surface area contributed by atoms with Crippen LogP contribution in [0.2, 0.25) is 0 Å². The van der Waals surface area contributed by atoms with Crippen molar-refractivity contribution in [2.45, 2.75) is 75.2 Å². The Kier molecular flexibility index (Phi) is 8.89. The summed E-state index contributed by atoms with van der Waals surface area (Å²) in [4.78, 5) is 52.7. The minimum atomic E-state index is -3.82. The lowest BCUT2D eigenvalue weighted by Crippen LogP contribution is -2.54. The molecule has 3 amide bonds. The summed E-state index contributed by atoms with van der Waals surface area (Å²) in [5, 5.41) is 5.74. The fourth-order valence-corrected chi connectivity index (χ4v) is 9.19. The highest BCUT2D eigenvalue weighted by atomic mass is 32.2. The number of nitrogens with zero attached hydrogens (tertiary/aromatic N) is 3. The Morgan fingerprint density at radius 1 is 1.14 bits per heavy atom. The molecule has 1 aromatic carbocycles. The normalized spacial score (nSPS) is 28.2. The van der Waals surface area contributed by atoms with Crippen molar-refractivity contribution in [3.8, 4) is 22.2 Å². The Hall–Kier alpha value is -4.04. The molecule has 49 heavy (non-hydrogen) atoms. The smallest absolute Gasteiger partial charge is 0.259 e. The molecule has 14 heteroatoms. The number of thiazole rings is 1. The number of ether oxygens (including phenoxy) is 2. The number of sulfonamides is 1. The number of methoxy groups -OCH3 is 1. The van der Waals surface area contributed by atoms with Crippen molar-refractivity contribution in [2.75, 3.05) is 20.7 Å². The van der Waals surface area contributed by atoms with Crippen molar-refractivity contribution in [1.29, 1.82) is 0 Å². The number of aryl methyl sites for hydroxylation is 1. The highest BCUT2D eigenvalue weighted by molar-refractivity contribution is 7.91. The number of nitrogens with one attached hydrogen (secondary N) is 2. The molecule has 3 aromatic rings. The van der Waals surface area contributed by atoms with E-state index in [0.717, 1.165) is 35.2 Å². The van der Waals surface area contributed by atoms with E-state index < -0.39 is 50.6 Å². The van der Waals surface area contributed by atoms with Crippen LogP contribution in [0, 0.1) is 24.7 Å². The van der Waals surface area contributed by atoms with E-state index >= 15 is 0 Å². The summed E-state index contributed by atoms with van der Waals surface area (Å²) in [5.74, 6) is -1.88. The Balaban J connectivity index is 1.20. The van der Waals surface area contributed by atoms with Crippen LogP contribution in [0.25, 0.3) is 21.6 Å². The van der Waals surface area contributed by atoms with E-state index in [1.54, 1.807) is 25.3 Å². The van der Waals surface area contributed by atoms with Gasteiger partial charge in [-0.1, -0.05) is 12.2 Å². The molecule has 0 spiro atoms. The van der Waals surface area contributed by atoms with Crippen LogP contribution >= 0.6 is 11.3 Å². The predicted molar refractivity (Wildman–Crippen MR) is 184 cm³/mol. The summed E-state index contributed by atoms with van der Waals surface area (Å²) in [6.07, 6.45) is 9.34. The summed E-state index contributed by atoms with van der Waals surface area (Å²) in [5.41, 5.74) is 0.799. The van der Waals surface area contributed by atoms with Gasteiger partial charge in [-0.3, -0.25) is 19.1 Å². The van der Waals surface area contributed by atoms with Gasteiger partial charge in [-0.2, -0.15) is 0 Å². The van der Waals surface area contributed by atoms with E-state index in [9.17, 15) is 22.8 Å². The van der Waals surface area contributed by atoms with E-state index in [1.807, 2.05) is 42.7 Å². The molecule has 4 aliphatic rings. The van der Waals surface area contributed by atoms with Crippen molar-refractivity contribution in [1.82, 2.24) is 24.9 Å². The van der Waals surface area contributed by atoms with Crippen LogP contribution in [-0.2, 0) is 24.4 Å². The second kappa shape index (κ2) is 13.0. The van der Waals surface area contributed by atoms with Crippen LogP contribution in [0.15, 0.2) is 41.9 Å². The highest BCUT2D eigenvalue weighted by Crippen LogP contribution is 2.47. The van der Waals surface area contributed by atoms with E-state index in [0.29, 0.717) is 48.5 Å². The summed E-state index contributed by atoms with van der Waals surface area (Å²) >= 11 is 1.46. The number of carbonyl (C=O) groups excluding carboxylic acids is 3. The van der Waals surface area contributed by atoms with Crippen LogP contribution in [0.3, 0.4) is 0 Å². The van der Waals surface area contributed by atoms with E-state index in [-0.39, 0.29) is 24.7 Å². The van der Waals surface area contributed by atoms with Gasteiger partial charge in [0.15, 0.2) is 0 Å². The summed E-state index contributed by atoms with van der Waals surface area (Å²) < 4.78 is 40.0. The maximum absolute atomic E-state index is 14.2. The molecule has 0 radical (unpaired) electrons. The third-order valence-corrected chi connectivity index (χ3v) is 12.9. The molecule has 3 heterocycles. The lowest BCUT2D eigenvalue weighted by molar-refractivity contribution is -0.140. The van der Waals surface area contributed by atoms with Crippen molar-refractivity contribution in [2.24, 2.45) is 17.8 Å². The minimum absolute atomic E-state index is 0.148. The van der Waals surface area contributed by atoms with Crippen LogP contribution in [0.1, 0.15) is 56.9 Å². The molecule has 5 atom stereocenters. The van der Waals surface area contributed by atoms with Gasteiger partial charge in [0.25, 0.3) is 5.91 Å². The molecule has 3 saturated carbocycles. The Morgan fingerprint density at radius 3 is 2.67 bits per heavy atom. The number of benzene rings is 1. The van der Waals surface area contributed by atoms with Crippen molar-refractivity contribution >= 4 is 50.0 Å². The zero-order valence-electron chi connectivity index (χ0n) is 27.8. The van der Waals surface area contributed by atoms with Gasteiger partial charge < -0.3 is 19.7 Å². The third-order valence-electron chi connectivity index (χ3n) is 10.3. The number of pyridine rings is 1. The Bertz CT molecular complexity index is 1930. The number of rotatable bonds is 7. The SMILES string of the molecule is COc1ccc2c(OC3CC4C(=O)NC5(C(=O)NS(=O)(=O)C6CC6)CC5/C=C/CCCCN(C)C(=O)C4C3)cc(-c3nccs3)nc2c1C. The maximum atomic E-state index is 14.2. The number of allylic oxidation sites excluding steroid dienone is 1. The first-order chi connectivity index (χ1) is 23.5. The molecule has 0 bridgehead atoms. The first-order valence-corrected chi connectivity index (χ1v) is 19.3.